The lowest BCUT2D eigenvalue weighted by atomic mass is 9.97. The molecule has 0 bridgehead atoms. The molecule has 1 aromatic carbocycles. The molecule has 0 saturated carbocycles. The van der Waals surface area contributed by atoms with Gasteiger partial charge in [0, 0.05) is 25.9 Å². The number of nitrogens with one attached hydrogen (secondary N) is 1. The largest absolute Gasteiger partial charge is 0.396 e. The van der Waals surface area contributed by atoms with Crippen LogP contribution in [0.1, 0.15) is 64.0 Å². The maximum atomic E-state index is 12.7. The van der Waals surface area contributed by atoms with E-state index >= 15 is 0 Å². The van der Waals surface area contributed by atoms with Gasteiger partial charge < -0.3 is 14.6 Å². The first-order valence-corrected chi connectivity index (χ1v) is 11.6. The number of rotatable bonds is 11. The van der Waals surface area contributed by atoms with Crippen LogP contribution in [-0.4, -0.2) is 46.2 Å². The van der Waals surface area contributed by atoms with E-state index < -0.39 is 11.0 Å². The van der Waals surface area contributed by atoms with Gasteiger partial charge >= 0.3 is 0 Å². The van der Waals surface area contributed by atoms with Crippen molar-refractivity contribution < 1.29 is 18.8 Å². The molecule has 160 valence electrons. The van der Waals surface area contributed by atoms with Gasteiger partial charge in [0.05, 0.1) is 15.7 Å². The van der Waals surface area contributed by atoms with Crippen molar-refractivity contribution in [1.82, 2.24) is 4.72 Å². The molecule has 0 spiro atoms. The van der Waals surface area contributed by atoms with Crippen LogP contribution in [-0.2, 0) is 33.3 Å². The number of aliphatic hydroxyl groups is 1. The van der Waals surface area contributed by atoms with Crippen molar-refractivity contribution in [3.63, 3.8) is 0 Å². The second-order valence-corrected chi connectivity index (χ2v) is 10.4. The zero-order chi connectivity index (χ0) is 20.4. The summed E-state index contributed by atoms with van der Waals surface area (Å²) in [6.45, 7) is 7.53. The van der Waals surface area contributed by atoms with E-state index in [1.54, 1.807) is 0 Å². The van der Waals surface area contributed by atoms with E-state index in [0.717, 1.165) is 44.3 Å². The normalized spacial score (nSPS) is 20.1. The molecule has 5 nitrogen and oxygen atoms in total. The minimum atomic E-state index is -1.13. The zero-order valence-electron chi connectivity index (χ0n) is 17.6. The molecule has 0 amide bonds. The number of hydrogen-bond donors (Lipinski definition) is 2. The Labute approximate surface area is 172 Å². The molecule has 2 rings (SSSR count). The first-order chi connectivity index (χ1) is 13.4. The Hall–Kier alpha value is -0.790. The van der Waals surface area contributed by atoms with Crippen LogP contribution in [0.25, 0.3) is 0 Å². The first kappa shape index (κ1) is 23.5. The summed E-state index contributed by atoms with van der Waals surface area (Å²) in [5.41, 5.74) is 2.36. The van der Waals surface area contributed by atoms with E-state index in [-0.39, 0.29) is 23.7 Å². The van der Waals surface area contributed by atoms with Crippen LogP contribution in [0.3, 0.4) is 0 Å². The van der Waals surface area contributed by atoms with E-state index in [2.05, 4.69) is 16.9 Å². The van der Waals surface area contributed by atoms with E-state index in [1.807, 2.05) is 32.9 Å². The molecule has 1 aromatic rings. The second-order valence-electron chi connectivity index (χ2n) is 8.45. The van der Waals surface area contributed by atoms with Gasteiger partial charge in [-0.15, -0.1) is 0 Å². The minimum Gasteiger partial charge on any atom is -0.396 e. The van der Waals surface area contributed by atoms with Crippen LogP contribution in [0.2, 0.25) is 0 Å². The highest BCUT2D eigenvalue weighted by molar-refractivity contribution is 7.84. The Balaban J connectivity index is 1.93. The van der Waals surface area contributed by atoms with Gasteiger partial charge in [0.2, 0.25) is 0 Å². The summed E-state index contributed by atoms with van der Waals surface area (Å²) in [6, 6.07) is 8.29. The Morgan fingerprint density at radius 3 is 2.68 bits per heavy atom. The predicted octanol–water partition coefficient (Wildman–Crippen LogP) is 3.51. The lowest BCUT2D eigenvalue weighted by Crippen LogP contribution is -2.41. The summed E-state index contributed by atoms with van der Waals surface area (Å²) in [5.74, 6) is 0. The molecule has 1 saturated heterocycles. The molecule has 1 aliphatic heterocycles. The maximum absolute atomic E-state index is 12.7. The molecule has 1 unspecified atom stereocenters. The van der Waals surface area contributed by atoms with Crippen LogP contribution in [0.4, 0.5) is 0 Å². The molecule has 28 heavy (non-hydrogen) atoms. The van der Waals surface area contributed by atoms with Crippen LogP contribution < -0.4 is 4.72 Å². The molecule has 0 radical (unpaired) electrons. The van der Waals surface area contributed by atoms with E-state index in [0.29, 0.717) is 13.0 Å². The minimum absolute atomic E-state index is 0.0610. The highest BCUT2D eigenvalue weighted by Crippen LogP contribution is 2.18. The lowest BCUT2D eigenvalue weighted by Gasteiger charge is -2.26. The Kier molecular flexibility index (Phi) is 10.1. The van der Waals surface area contributed by atoms with Crippen molar-refractivity contribution in [2.75, 3.05) is 19.8 Å². The summed E-state index contributed by atoms with van der Waals surface area (Å²) in [6.07, 6.45) is 6.41. The van der Waals surface area contributed by atoms with Crippen LogP contribution in [0, 0.1) is 0 Å². The lowest BCUT2D eigenvalue weighted by molar-refractivity contribution is -0.162. The summed E-state index contributed by atoms with van der Waals surface area (Å²) < 4.78 is 27.2. The summed E-state index contributed by atoms with van der Waals surface area (Å²) in [5, 5.41) is 9.33. The van der Waals surface area contributed by atoms with E-state index in [1.165, 1.54) is 12.0 Å². The fourth-order valence-electron chi connectivity index (χ4n) is 3.30. The van der Waals surface area contributed by atoms with Gasteiger partial charge in [-0.25, -0.2) is 8.93 Å². The van der Waals surface area contributed by atoms with E-state index in [4.69, 9.17) is 9.47 Å². The summed E-state index contributed by atoms with van der Waals surface area (Å²) in [4.78, 5) is 0. The summed E-state index contributed by atoms with van der Waals surface area (Å²) in [7, 11) is -1.13. The van der Waals surface area contributed by atoms with Gasteiger partial charge in [0.1, 0.15) is 0 Å². The molecule has 3 atom stereocenters. The molecule has 0 aliphatic carbocycles. The van der Waals surface area contributed by atoms with Gasteiger partial charge in [0.25, 0.3) is 0 Å². The molecule has 6 heteroatoms. The molecular formula is C22H37NO4S. The van der Waals surface area contributed by atoms with Crippen LogP contribution in [0.15, 0.2) is 24.3 Å². The second kappa shape index (κ2) is 12.0. The molecular weight excluding hydrogens is 374 g/mol. The Bertz CT molecular complexity index is 596. The van der Waals surface area contributed by atoms with Crippen LogP contribution >= 0.6 is 0 Å². The average Bonchev–Trinajstić information content (AvgIpc) is 2.67. The Morgan fingerprint density at radius 2 is 2.04 bits per heavy atom. The molecule has 0 aromatic heterocycles. The number of benzene rings is 1. The third-order valence-corrected chi connectivity index (χ3v) is 6.59. The molecule has 2 N–H and O–H groups in total. The van der Waals surface area contributed by atoms with Crippen molar-refractivity contribution in [1.29, 1.82) is 0 Å². The van der Waals surface area contributed by atoms with Gasteiger partial charge in [-0.05, 0) is 76.8 Å². The van der Waals surface area contributed by atoms with E-state index in [9.17, 15) is 9.32 Å². The van der Waals surface area contributed by atoms with Crippen molar-refractivity contribution in [2.24, 2.45) is 0 Å². The highest BCUT2D eigenvalue weighted by Gasteiger charge is 2.23. The molecule has 1 aliphatic rings. The molecule has 1 fully saturated rings. The standard InChI is InChI=1S/C22H37NO4S/c1-22(2,3)28(25)23-20(11-8-16-27-21-12-6-7-15-26-21)17-19-10-5-4-9-18(19)13-14-24/h4-5,9-10,20-21,23-24H,6-8,11-17H2,1-3H3/t20-,21?,28+/m0/s1. The third-order valence-electron chi connectivity index (χ3n) is 4.93. The van der Waals surface area contributed by atoms with Crippen molar-refractivity contribution in [3.8, 4) is 0 Å². The average molecular weight is 412 g/mol. The zero-order valence-corrected chi connectivity index (χ0v) is 18.4. The van der Waals surface area contributed by atoms with Gasteiger partial charge in [-0.1, -0.05) is 24.3 Å². The third kappa shape index (κ3) is 8.29. The number of ether oxygens (including phenoxy) is 2. The smallest absolute Gasteiger partial charge is 0.157 e. The van der Waals surface area contributed by atoms with Gasteiger partial charge in [-0.3, -0.25) is 0 Å². The number of hydrogen-bond acceptors (Lipinski definition) is 4. The predicted molar refractivity (Wildman–Crippen MR) is 115 cm³/mol. The Morgan fingerprint density at radius 1 is 1.29 bits per heavy atom. The summed E-state index contributed by atoms with van der Waals surface area (Å²) >= 11 is 0. The highest BCUT2D eigenvalue weighted by atomic mass is 32.2. The van der Waals surface area contributed by atoms with Crippen molar-refractivity contribution in [3.05, 3.63) is 35.4 Å². The van der Waals surface area contributed by atoms with Crippen molar-refractivity contribution in [2.45, 2.75) is 82.8 Å². The monoisotopic (exact) mass is 411 g/mol. The van der Waals surface area contributed by atoms with Crippen LogP contribution in [0.5, 0.6) is 0 Å². The maximum Gasteiger partial charge on any atom is 0.157 e. The fourth-order valence-corrected chi connectivity index (χ4v) is 4.16. The molecule has 1 heterocycles. The number of aliphatic hydroxyl groups excluding tert-OH is 1. The van der Waals surface area contributed by atoms with Gasteiger partial charge in [-0.2, -0.15) is 0 Å². The SMILES string of the molecule is CC(C)(C)[S@@](=O)N[C@@H](CCCOC1CCCCO1)Cc1ccccc1CCO. The van der Waals surface area contributed by atoms with Gasteiger partial charge in [0.15, 0.2) is 6.29 Å². The fraction of sp³-hybridized carbons (Fsp3) is 0.727. The first-order valence-electron chi connectivity index (χ1n) is 10.5. The quantitative estimate of drug-likeness (QED) is 0.547. The van der Waals surface area contributed by atoms with Crippen molar-refractivity contribution >= 4 is 11.0 Å². The topological polar surface area (TPSA) is 67.8 Å².